The Labute approximate surface area is 406 Å². The molecule has 2 bridgehead atoms. The van der Waals surface area contributed by atoms with Crippen LogP contribution in [0.25, 0.3) is 0 Å². The summed E-state index contributed by atoms with van der Waals surface area (Å²) in [5, 5.41) is 27.1. The Hall–Kier alpha value is -2.77. The van der Waals surface area contributed by atoms with Crippen LogP contribution in [0.4, 0.5) is 0 Å². The van der Waals surface area contributed by atoms with Gasteiger partial charge in [0.2, 0.25) is 0 Å². The Bertz CT molecular complexity index is 2070. The molecule has 2 aliphatic carbocycles. The van der Waals surface area contributed by atoms with E-state index in [2.05, 4.69) is 178 Å². The molecule has 0 spiro atoms. The van der Waals surface area contributed by atoms with Gasteiger partial charge in [-0.1, -0.05) is 150 Å². The van der Waals surface area contributed by atoms with Crippen LogP contribution in [0.2, 0.25) is 0 Å². The quantitative estimate of drug-likeness (QED) is 0.154. The zero-order valence-corrected chi connectivity index (χ0v) is 46.4. The fourth-order valence-electron chi connectivity index (χ4n) is 6.74. The maximum atomic E-state index is 4.54. The average Bonchev–Trinajstić information content (AvgIpc) is 4.04. The van der Waals surface area contributed by atoms with E-state index in [0.717, 1.165) is 41.3 Å². The molecular formula is C48H66N9P3Pt2-2. The van der Waals surface area contributed by atoms with Crippen molar-refractivity contribution in [3.05, 3.63) is 145 Å². The van der Waals surface area contributed by atoms with Gasteiger partial charge in [-0.2, -0.15) is 6.42 Å². The van der Waals surface area contributed by atoms with Crippen molar-refractivity contribution in [3.63, 3.8) is 0 Å². The van der Waals surface area contributed by atoms with Gasteiger partial charge in [-0.3, -0.25) is 0 Å². The van der Waals surface area contributed by atoms with E-state index in [4.69, 9.17) is 0 Å². The van der Waals surface area contributed by atoms with Crippen LogP contribution in [-0.2, 0) is 78.0 Å². The SMILES string of the molecule is C1=C[C-]2CC[C-]1C2.Cc1c(Cn2nnc(C(C)(C)C)p2)c(C)c(Cn2nnc(C(C)(C)C)p2)c(C)c1Cn1nnc(C(C)(C)C)p1.Cc1ccccc1.Cc1ccccc1.[Pt].[Pt]. The first kappa shape index (κ1) is 53.6. The maximum Gasteiger partial charge on any atom is 0.115 e. The molecule has 6 aromatic rings. The van der Waals surface area contributed by atoms with Crippen LogP contribution in [0.3, 0.4) is 0 Å². The molecule has 1 saturated carbocycles. The van der Waals surface area contributed by atoms with Gasteiger partial charge < -0.3 is 24.0 Å². The van der Waals surface area contributed by atoms with E-state index in [1.165, 1.54) is 63.8 Å². The van der Waals surface area contributed by atoms with E-state index in [0.29, 0.717) is 19.6 Å². The maximum absolute atomic E-state index is 4.54. The molecule has 62 heavy (non-hydrogen) atoms. The predicted octanol–water partition coefficient (Wildman–Crippen LogP) is 13.0. The van der Waals surface area contributed by atoms with Crippen LogP contribution in [0.1, 0.15) is 142 Å². The van der Waals surface area contributed by atoms with Crippen molar-refractivity contribution in [1.29, 1.82) is 0 Å². The van der Waals surface area contributed by atoms with Gasteiger partial charge in [0, 0.05) is 58.4 Å². The van der Waals surface area contributed by atoms with Gasteiger partial charge >= 0.3 is 0 Å². The second-order valence-electron chi connectivity index (χ2n) is 19.1. The first-order valence-corrected chi connectivity index (χ1v) is 23.6. The van der Waals surface area contributed by atoms with Crippen molar-refractivity contribution in [1.82, 2.24) is 44.3 Å². The number of fused-ring (bicyclic) bond motifs is 2. The predicted molar refractivity (Wildman–Crippen MR) is 253 cm³/mol. The molecule has 0 amide bonds. The zero-order chi connectivity index (χ0) is 43.8. The Balaban J connectivity index is 0.000000356. The summed E-state index contributed by atoms with van der Waals surface area (Å²) in [6.45, 7) is 32.7. The fourth-order valence-corrected chi connectivity index (χ4v) is 9.41. The smallest absolute Gasteiger partial charge is 0.115 e. The number of nitrogens with zero attached hydrogens (tertiary/aromatic N) is 9. The standard InChI is InChI=1S/C27H42N9P3.3C7H8.2Pt/c1-16-19(13-34-31-28-22(37-34)25(4,5)6)17(2)21(15-36-33-30-24(39-36)27(10,11)12)18(3)20(16)14-35-32-29-23(38-35)26(7,8)9;1-2-7-4-3-6(1)5-7;2*1-7-5-3-2-4-6-7;;/h13-15H2,1-12H3;1-2H,3-5H2;2*2-6H,1H3;;/q;-2;;;;. The molecule has 3 aromatic heterocycles. The van der Waals surface area contributed by atoms with Crippen molar-refractivity contribution < 1.29 is 42.1 Å². The number of aromatic nitrogens is 9. The minimum atomic E-state index is -0.00429. The molecule has 340 valence electrons. The Morgan fingerprint density at radius 2 is 0.742 bits per heavy atom. The monoisotopic (exact) mass is 1250 g/mol. The second kappa shape index (κ2) is 23.4. The number of benzene rings is 3. The summed E-state index contributed by atoms with van der Waals surface area (Å²) in [5.74, 6) is 3.30. The largest absolute Gasteiger partial charge is 0.376 e. The summed E-state index contributed by atoms with van der Waals surface area (Å²) >= 11 is 0. The Morgan fingerprint density at radius 3 is 0.903 bits per heavy atom. The van der Waals surface area contributed by atoms with Crippen molar-refractivity contribution >= 4 is 25.1 Å². The van der Waals surface area contributed by atoms with Gasteiger partial charge in [-0.15, -0.1) is 28.1 Å². The van der Waals surface area contributed by atoms with Crippen LogP contribution in [0.5, 0.6) is 0 Å². The summed E-state index contributed by atoms with van der Waals surface area (Å²) < 4.78 is 6.20. The number of hydrogen-bond donors (Lipinski definition) is 0. The van der Waals surface area contributed by atoms with Crippen LogP contribution in [-0.4, -0.2) is 44.3 Å². The van der Waals surface area contributed by atoms with Gasteiger partial charge in [0.15, 0.2) is 0 Å². The Kier molecular flexibility index (Phi) is 20.2. The van der Waals surface area contributed by atoms with E-state index in [1.54, 1.807) is 11.8 Å². The summed E-state index contributed by atoms with van der Waals surface area (Å²) in [6, 6.07) is 20.5. The Morgan fingerprint density at radius 1 is 0.468 bits per heavy atom. The van der Waals surface area contributed by atoms with E-state index in [-0.39, 0.29) is 58.4 Å². The molecule has 0 aliphatic heterocycles. The molecule has 3 aromatic carbocycles. The molecule has 3 heterocycles. The first-order chi connectivity index (χ1) is 28.2. The fraction of sp³-hybridized carbons (Fsp3) is 0.479. The second-order valence-corrected chi connectivity index (χ2v) is 22.4. The average molecular weight is 1250 g/mol. The molecule has 1 fully saturated rings. The summed E-state index contributed by atoms with van der Waals surface area (Å²) in [4.78, 5) is 0. The minimum Gasteiger partial charge on any atom is -0.376 e. The topological polar surface area (TPSA) is 92.1 Å². The van der Waals surface area contributed by atoms with Crippen molar-refractivity contribution in [2.75, 3.05) is 0 Å². The molecule has 8 rings (SSSR count). The molecule has 0 saturated heterocycles. The molecular weight excluding hydrogens is 1190 g/mol. The molecule has 0 N–H and O–H groups in total. The molecule has 9 nitrogen and oxygen atoms in total. The molecule has 0 atom stereocenters. The summed E-state index contributed by atoms with van der Waals surface area (Å²) in [6.07, 6.45) is 8.54. The number of aryl methyl sites for hydroxylation is 2. The van der Waals surface area contributed by atoms with Crippen molar-refractivity contribution in [2.24, 2.45) is 0 Å². The molecule has 0 unspecified atom stereocenters. The number of allylic oxidation sites excluding steroid dienone is 2. The van der Waals surface area contributed by atoms with E-state index >= 15 is 0 Å². The van der Waals surface area contributed by atoms with Crippen molar-refractivity contribution in [2.45, 2.75) is 152 Å². The van der Waals surface area contributed by atoms with Gasteiger partial charge in [0.05, 0.1) is 44.7 Å². The van der Waals surface area contributed by atoms with Gasteiger partial charge in [-0.25, -0.2) is 13.3 Å². The van der Waals surface area contributed by atoms with E-state index in [1.807, 2.05) is 36.4 Å². The van der Waals surface area contributed by atoms with Crippen LogP contribution in [0.15, 0.2) is 72.8 Å². The van der Waals surface area contributed by atoms with Gasteiger partial charge in [0.1, 0.15) is 16.3 Å². The minimum absolute atomic E-state index is 0. The summed E-state index contributed by atoms with van der Waals surface area (Å²) in [7, 11) is 3.15. The third kappa shape index (κ3) is 15.4. The van der Waals surface area contributed by atoms with E-state index < -0.39 is 0 Å². The number of rotatable bonds is 6. The molecule has 14 heteroatoms. The summed E-state index contributed by atoms with van der Waals surface area (Å²) in [5.41, 5.74) is 13.7. The van der Waals surface area contributed by atoms with E-state index in [9.17, 15) is 0 Å². The number of hydrogen-bond acceptors (Lipinski definition) is 6. The molecule has 2 aliphatic rings. The van der Waals surface area contributed by atoms with Crippen LogP contribution in [0, 0.1) is 46.5 Å². The van der Waals surface area contributed by atoms with Gasteiger partial charge in [-0.05, 0) is 68.0 Å². The van der Waals surface area contributed by atoms with Gasteiger partial charge in [0.25, 0.3) is 0 Å². The normalized spacial score (nSPS) is 13.3. The third-order valence-corrected chi connectivity index (χ3v) is 14.8. The zero-order valence-electron chi connectivity index (χ0n) is 39.2. The third-order valence-electron chi connectivity index (χ3n) is 10.6. The molecule has 0 radical (unpaired) electrons. The first-order valence-electron chi connectivity index (χ1n) is 21.0. The van der Waals surface area contributed by atoms with Crippen LogP contribution >= 0.6 is 25.1 Å². The van der Waals surface area contributed by atoms with Crippen molar-refractivity contribution in [3.8, 4) is 0 Å². The van der Waals surface area contributed by atoms with Crippen LogP contribution < -0.4 is 0 Å².